The number of aliphatic hydroxyl groups excluding tert-OH is 2. The highest BCUT2D eigenvalue weighted by molar-refractivity contribution is 5.81. The van der Waals surface area contributed by atoms with Crippen LogP contribution in [-0.2, 0) is 17.9 Å². The molecule has 1 heterocycles. The molecular weight excluding hydrogens is 316 g/mol. The Hall–Kier alpha value is -2.21. The highest BCUT2D eigenvalue weighted by atomic mass is 16.3. The second kappa shape index (κ2) is 8.25. The lowest BCUT2D eigenvalue weighted by Gasteiger charge is -2.18. The molecule has 1 unspecified atom stereocenters. The Morgan fingerprint density at radius 3 is 2.48 bits per heavy atom. The fourth-order valence-corrected chi connectivity index (χ4v) is 3.15. The molecule has 1 amide bonds. The Morgan fingerprint density at radius 2 is 1.80 bits per heavy atom. The quantitative estimate of drug-likeness (QED) is 0.747. The summed E-state index contributed by atoms with van der Waals surface area (Å²) in [7, 11) is 0. The summed E-state index contributed by atoms with van der Waals surface area (Å²) in [5, 5.41) is 22.6. The van der Waals surface area contributed by atoms with Crippen molar-refractivity contribution in [2.75, 3.05) is 13.1 Å². The van der Waals surface area contributed by atoms with E-state index in [1.165, 1.54) is 0 Å². The first kappa shape index (κ1) is 17.6. The van der Waals surface area contributed by atoms with Crippen LogP contribution in [0.5, 0.6) is 0 Å². The summed E-state index contributed by atoms with van der Waals surface area (Å²) in [6.45, 7) is 2.70. The average Bonchev–Trinajstić information content (AvgIpc) is 3.05. The summed E-state index contributed by atoms with van der Waals surface area (Å²) in [6, 6.07) is 16.9. The summed E-state index contributed by atoms with van der Waals surface area (Å²) in [4.78, 5) is 14.4. The van der Waals surface area contributed by atoms with E-state index in [-0.39, 0.29) is 6.10 Å². The Bertz CT molecular complexity index is 705. The molecule has 132 valence electrons. The third-order valence-corrected chi connectivity index (χ3v) is 4.58. The van der Waals surface area contributed by atoms with Gasteiger partial charge in [0.05, 0.1) is 6.10 Å². The van der Waals surface area contributed by atoms with Crippen LogP contribution in [0.3, 0.4) is 0 Å². The van der Waals surface area contributed by atoms with E-state index in [1.54, 1.807) is 24.3 Å². The van der Waals surface area contributed by atoms with Crippen LogP contribution in [0.4, 0.5) is 0 Å². The summed E-state index contributed by atoms with van der Waals surface area (Å²) in [5.74, 6) is -0.405. The first-order valence-electron chi connectivity index (χ1n) is 8.61. The molecule has 0 aromatic heterocycles. The average molecular weight is 340 g/mol. The number of hydrogen-bond acceptors (Lipinski definition) is 4. The van der Waals surface area contributed by atoms with Gasteiger partial charge in [-0.1, -0.05) is 54.6 Å². The van der Waals surface area contributed by atoms with Crippen LogP contribution in [0.2, 0.25) is 0 Å². The fraction of sp³-hybridized carbons (Fsp3) is 0.350. The smallest absolute Gasteiger partial charge is 0.253 e. The molecule has 25 heavy (non-hydrogen) atoms. The van der Waals surface area contributed by atoms with E-state index in [9.17, 15) is 15.0 Å². The molecule has 3 N–H and O–H groups in total. The van der Waals surface area contributed by atoms with Gasteiger partial charge >= 0.3 is 0 Å². The molecular formula is C20H24N2O3. The first-order valence-corrected chi connectivity index (χ1v) is 8.61. The first-order chi connectivity index (χ1) is 12.1. The summed E-state index contributed by atoms with van der Waals surface area (Å²) in [6.07, 6.45) is -0.600. The largest absolute Gasteiger partial charge is 0.392 e. The molecule has 0 saturated carbocycles. The van der Waals surface area contributed by atoms with Gasteiger partial charge < -0.3 is 15.5 Å². The minimum atomic E-state index is -1.16. The summed E-state index contributed by atoms with van der Waals surface area (Å²) >= 11 is 0. The molecule has 2 aromatic carbocycles. The number of β-amino-alcohol motifs (C(OH)–C–C–N with tert-alkyl or cyclic N) is 1. The second-order valence-corrected chi connectivity index (χ2v) is 6.48. The zero-order chi connectivity index (χ0) is 17.6. The Balaban J connectivity index is 1.60. The predicted molar refractivity (Wildman–Crippen MR) is 95.6 cm³/mol. The van der Waals surface area contributed by atoms with E-state index in [1.807, 2.05) is 30.3 Å². The van der Waals surface area contributed by atoms with E-state index < -0.39 is 12.0 Å². The summed E-state index contributed by atoms with van der Waals surface area (Å²) in [5.41, 5.74) is 2.74. The molecule has 1 saturated heterocycles. The van der Waals surface area contributed by atoms with Crippen molar-refractivity contribution in [3.05, 3.63) is 71.3 Å². The minimum Gasteiger partial charge on any atom is -0.392 e. The van der Waals surface area contributed by atoms with Gasteiger partial charge in [-0.05, 0) is 23.1 Å². The van der Waals surface area contributed by atoms with E-state index in [2.05, 4.69) is 10.2 Å². The number of likely N-dealkylation sites (tertiary alicyclic amines) is 1. The van der Waals surface area contributed by atoms with Crippen LogP contribution >= 0.6 is 0 Å². The molecule has 0 radical (unpaired) electrons. The highest BCUT2D eigenvalue weighted by Gasteiger charge is 2.21. The van der Waals surface area contributed by atoms with Crippen molar-refractivity contribution in [2.24, 2.45) is 0 Å². The SMILES string of the molecule is O=C(NCc1ccccc1CN1CCC(O)C1)[C@H](O)c1ccccc1. The maximum Gasteiger partial charge on any atom is 0.253 e. The molecule has 5 heteroatoms. The third-order valence-electron chi connectivity index (χ3n) is 4.58. The third kappa shape index (κ3) is 4.66. The van der Waals surface area contributed by atoms with Crippen LogP contribution in [0.25, 0.3) is 0 Å². The molecule has 3 rings (SSSR count). The van der Waals surface area contributed by atoms with Gasteiger partial charge in [0.25, 0.3) is 5.91 Å². The maximum absolute atomic E-state index is 12.2. The zero-order valence-corrected chi connectivity index (χ0v) is 14.1. The van der Waals surface area contributed by atoms with E-state index in [0.29, 0.717) is 18.7 Å². The Kier molecular flexibility index (Phi) is 5.81. The predicted octanol–water partition coefficient (Wildman–Crippen LogP) is 1.60. The molecule has 0 bridgehead atoms. The highest BCUT2D eigenvalue weighted by Crippen LogP contribution is 2.17. The van der Waals surface area contributed by atoms with Gasteiger partial charge in [0.1, 0.15) is 0 Å². The Labute approximate surface area is 147 Å². The van der Waals surface area contributed by atoms with E-state index >= 15 is 0 Å². The molecule has 0 aliphatic carbocycles. The zero-order valence-electron chi connectivity index (χ0n) is 14.1. The van der Waals surface area contributed by atoms with Gasteiger partial charge in [0.15, 0.2) is 6.10 Å². The molecule has 0 spiro atoms. The molecule has 1 fully saturated rings. The number of carbonyl (C=O) groups is 1. The lowest BCUT2D eigenvalue weighted by atomic mass is 10.1. The normalized spacial score (nSPS) is 18.9. The van der Waals surface area contributed by atoms with E-state index in [4.69, 9.17) is 0 Å². The number of nitrogens with zero attached hydrogens (tertiary/aromatic N) is 1. The number of amides is 1. The van der Waals surface area contributed by atoms with Crippen LogP contribution in [0.1, 0.15) is 29.2 Å². The Morgan fingerprint density at radius 1 is 1.12 bits per heavy atom. The van der Waals surface area contributed by atoms with Crippen LogP contribution in [0.15, 0.2) is 54.6 Å². The maximum atomic E-state index is 12.2. The van der Waals surface area contributed by atoms with Crippen molar-refractivity contribution in [3.63, 3.8) is 0 Å². The van der Waals surface area contributed by atoms with Crippen molar-refractivity contribution < 1.29 is 15.0 Å². The van der Waals surface area contributed by atoms with Crippen molar-refractivity contribution >= 4 is 5.91 Å². The van der Waals surface area contributed by atoms with Crippen LogP contribution < -0.4 is 5.32 Å². The van der Waals surface area contributed by atoms with Crippen molar-refractivity contribution in [1.82, 2.24) is 10.2 Å². The van der Waals surface area contributed by atoms with Gasteiger partial charge in [0.2, 0.25) is 0 Å². The molecule has 1 aliphatic heterocycles. The number of rotatable bonds is 6. The topological polar surface area (TPSA) is 72.8 Å². The lowest BCUT2D eigenvalue weighted by molar-refractivity contribution is -0.129. The molecule has 5 nitrogen and oxygen atoms in total. The van der Waals surface area contributed by atoms with Crippen LogP contribution in [0, 0.1) is 0 Å². The van der Waals surface area contributed by atoms with Gasteiger partial charge in [-0.15, -0.1) is 0 Å². The lowest BCUT2D eigenvalue weighted by Crippen LogP contribution is -2.29. The monoisotopic (exact) mass is 340 g/mol. The number of aliphatic hydroxyl groups is 2. The van der Waals surface area contributed by atoms with Crippen molar-refractivity contribution in [3.8, 4) is 0 Å². The van der Waals surface area contributed by atoms with Crippen LogP contribution in [-0.4, -0.2) is 40.2 Å². The minimum absolute atomic E-state index is 0.243. The number of benzene rings is 2. The second-order valence-electron chi connectivity index (χ2n) is 6.48. The molecule has 1 aliphatic rings. The summed E-state index contributed by atoms with van der Waals surface area (Å²) < 4.78 is 0. The van der Waals surface area contributed by atoms with Gasteiger partial charge in [-0.2, -0.15) is 0 Å². The molecule has 2 atom stereocenters. The molecule has 2 aromatic rings. The van der Waals surface area contributed by atoms with E-state index in [0.717, 1.165) is 30.6 Å². The number of carbonyl (C=O) groups excluding carboxylic acids is 1. The number of nitrogens with one attached hydrogen (secondary N) is 1. The van der Waals surface area contributed by atoms with Crippen molar-refractivity contribution in [2.45, 2.75) is 31.7 Å². The van der Waals surface area contributed by atoms with Gasteiger partial charge in [-0.3, -0.25) is 9.69 Å². The van der Waals surface area contributed by atoms with Gasteiger partial charge in [0, 0.05) is 26.2 Å². The number of hydrogen-bond donors (Lipinski definition) is 3. The fourth-order valence-electron chi connectivity index (χ4n) is 3.15. The standard InChI is InChI=1S/C20H24N2O3/c23-18-10-11-22(14-18)13-17-9-5-4-8-16(17)12-21-20(25)19(24)15-6-2-1-3-7-15/h1-9,18-19,23-24H,10-14H2,(H,21,25)/t18?,19-/m1/s1. The van der Waals surface area contributed by atoms with Gasteiger partial charge in [-0.25, -0.2) is 0 Å². The van der Waals surface area contributed by atoms with Crippen molar-refractivity contribution in [1.29, 1.82) is 0 Å².